The zero-order valence-electron chi connectivity index (χ0n) is 10.9. The Morgan fingerprint density at radius 3 is 2.74 bits per heavy atom. The van der Waals surface area contributed by atoms with Crippen LogP contribution in [0, 0.1) is 6.92 Å². The van der Waals surface area contributed by atoms with E-state index in [-0.39, 0.29) is 0 Å². The summed E-state index contributed by atoms with van der Waals surface area (Å²) in [5.74, 6) is -0.245. The Balaban J connectivity index is 2.44. The lowest BCUT2D eigenvalue weighted by Gasteiger charge is -2.08. The van der Waals surface area contributed by atoms with Crippen LogP contribution in [0.5, 0.6) is 5.75 Å². The van der Waals surface area contributed by atoms with E-state index in [1.807, 2.05) is 19.1 Å². The molecule has 2 rings (SSSR count). The molecule has 1 aromatic carbocycles. The molecule has 0 fully saturated rings. The maximum absolute atomic E-state index is 11.1. The van der Waals surface area contributed by atoms with Gasteiger partial charge in [0.25, 0.3) is 0 Å². The van der Waals surface area contributed by atoms with Crippen molar-refractivity contribution in [3.05, 3.63) is 47.8 Å². The van der Waals surface area contributed by atoms with Crippen molar-refractivity contribution < 1.29 is 14.6 Å². The molecule has 0 aliphatic carbocycles. The Morgan fingerprint density at radius 1 is 1.26 bits per heavy atom. The van der Waals surface area contributed by atoms with Gasteiger partial charge in [0.1, 0.15) is 5.75 Å². The summed E-state index contributed by atoms with van der Waals surface area (Å²) in [6, 6.07) is 7.19. The summed E-state index contributed by atoms with van der Waals surface area (Å²) in [6.07, 6.45) is 3.33. The third-order valence-electron chi connectivity index (χ3n) is 2.83. The van der Waals surface area contributed by atoms with Gasteiger partial charge in [0.15, 0.2) is 0 Å². The molecule has 0 saturated carbocycles. The van der Waals surface area contributed by atoms with Gasteiger partial charge < -0.3 is 9.84 Å². The SMILES string of the molecule is CCOc1cncc(-c2ccc(C)c(C(=O)O)c2)c1. The zero-order chi connectivity index (χ0) is 13.8. The molecule has 0 amide bonds. The monoisotopic (exact) mass is 257 g/mol. The van der Waals surface area contributed by atoms with E-state index in [4.69, 9.17) is 9.84 Å². The highest BCUT2D eigenvalue weighted by atomic mass is 16.5. The maximum Gasteiger partial charge on any atom is 0.335 e. The Kier molecular flexibility index (Phi) is 3.80. The Labute approximate surface area is 111 Å². The summed E-state index contributed by atoms with van der Waals surface area (Å²) in [7, 11) is 0. The van der Waals surface area contributed by atoms with Crippen LogP contribution in [-0.2, 0) is 0 Å². The number of hydrogen-bond acceptors (Lipinski definition) is 3. The smallest absolute Gasteiger partial charge is 0.335 e. The number of aromatic nitrogens is 1. The number of rotatable bonds is 4. The standard InChI is InChI=1S/C15H15NO3/c1-3-19-13-6-12(8-16-9-13)11-5-4-10(2)14(7-11)15(17)18/h4-9H,3H2,1-2H3,(H,17,18). The van der Waals surface area contributed by atoms with Gasteiger partial charge >= 0.3 is 5.97 Å². The number of carboxylic acids is 1. The van der Waals surface area contributed by atoms with Gasteiger partial charge in [-0.2, -0.15) is 0 Å². The first-order valence-electron chi connectivity index (χ1n) is 6.04. The van der Waals surface area contributed by atoms with Gasteiger partial charge in [-0.15, -0.1) is 0 Å². The molecule has 0 bridgehead atoms. The van der Waals surface area contributed by atoms with E-state index >= 15 is 0 Å². The number of carboxylic acid groups (broad SMARTS) is 1. The maximum atomic E-state index is 11.1. The van der Waals surface area contributed by atoms with E-state index < -0.39 is 5.97 Å². The van der Waals surface area contributed by atoms with Crippen molar-refractivity contribution >= 4 is 5.97 Å². The van der Waals surface area contributed by atoms with Gasteiger partial charge in [-0.05, 0) is 37.1 Å². The lowest BCUT2D eigenvalue weighted by Crippen LogP contribution is -2.00. The van der Waals surface area contributed by atoms with Crippen LogP contribution in [0.2, 0.25) is 0 Å². The molecule has 0 atom stereocenters. The number of nitrogens with zero attached hydrogens (tertiary/aromatic N) is 1. The van der Waals surface area contributed by atoms with Crippen molar-refractivity contribution in [2.75, 3.05) is 6.61 Å². The second-order valence-corrected chi connectivity index (χ2v) is 4.18. The number of carbonyl (C=O) groups is 1. The van der Waals surface area contributed by atoms with Gasteiger partial charge in [-0.3, -0.25) is 4.98 Å². The predicted octanol–water partition coefficient (Wildman–Crippen LogP) is 3.15. The fourth-order valence-corrected chi connectivity index (χ4v) is 1.85. The Morgan fingerprint density at radius 2 is 2.05 bits per heavy atom. The van der Waals surface area contributed by atoms with Crippen LogP contribution in [0.15, 0.2) is 36.7 Å². The average molecular weight is 257 g/mol. The second kappa shape index (κ2) is 5.52. The van der Waals surface area contributed by atoms with Gasteiger partial charge in [-0.1, -0.05) is 12.1 Å². The molecule has 4 nitrogen and oxygen atoms in total. The van der Waals surface area contributed by atoms with Crippen LogP contribution in [0.3, 0.4) is 0 Å². The van der Waals surface area contributed by atoms with Gasteiger partial charge in [0.05, 0.1) is 18.4 Å². The van der Waals surface area contributed by atoms with Gasteiger partial charge in [0.2, 0.25) is 0 Å². The summed E-state index contributed by atoms with van der Waals surface area (Å²) in [6.45, 7) is 4.25. The summed E-state index contributed by atoms with van der Waals surface area (Å²) >= 11 is 0. The number of hydrogen-bond donors (Lipinski definition) is 1. The molecule has 98 valence electrons. The minimum Gasteiger partial charge on any atom is -0.492 e. The summed E-state index contributed by atoms with van der Waals surface area (Å²) in [5, 5.41) is 9.14. The van der Waals surface area contributed by atoms with E-state index in [2.05, 4.69) is 4.98 Å². The summed E-state index contributed by atoms with van der Waals surface area (Å²) in [4.78, 5) is 15.2. The first kappa shape index (κ1) is 13.1. The van der Waals surface area contributed by atoms with Crippen LogP contribution in [0.1, 0.15) is 22.8 Å². The molecule has 0 unspecified atom stereocenters. The van der Waals surface area contributed by atoms with E-state index in [0.29, 0.717) is 17.9 Å². The molecule has 0 radical (unpaired) electrons. The van der Waals surface area contributed by atoms with Gasteiger partial charge in [-0.25, -0.2) is 4.79 Å². The number of benzene rings is 1. The summed E-state index contributed by atoms with van der Waals surface area (Å²) < 4.78 is 5.39. The highest BCUT2D eigenvalue weighted by Crippen LogP contribution is 2.25. The zero-order valence-corrected chi connectivity index (χ0v) is 10.9. The van der Waals surface area contributed by atoms with E-state index in [1.165, 1.54) is 0 Å². The second-order valence-electron chi connectivity index (χ2n) is 4.18. The fraction of sp³-hybridized carbons (Fsp3) is 0.200. The van der Waals surface area contributed by atoms with Crippen molar-refractivity contribution in [2.24, 2.45) is 0 Å². The van der Waals surface area contributed by atoms with E-state index in [9.17, 15) is 4.79 Å². The third-order valence-corrected chi connectivity index (χ3v) is 2.83. The molecule has 0 saturated heterocycles. The molecular weight excluding hydrogens is 242 g/mol. The molecule has 4 heteroatoms. The lowest BCUT2D eigenvalue weighted by molar-refractivity contribution is 0.0696. The normalized spacial score (nSPS) is 10.2. The summed E-state index contributed by atoms with van der Waals surface area (Å²) in [5.41, 5.74) is 2.70. The first-order chi connectivity index (χ1) is 9.11. The van der Waals surface area contributed by atoms with E-state index in [1.54, 1.807) is 31.5 Å². The Bertz CT molecular complexity index is 608. The van der Waals surface area contributed by atoms with Crippen LogP contribution >= 0.6 is 0 Å². The number of ether oxygens (including phenoxy) is 1. The average Bonchev–Trinajstić information content (AvgIpc) is 2.39. The highest BCUT2D eigenvalue weighted by molar-refractivity contribution is 5.91. The number of aryl methyl sites for hydroxylation is 1. The van der Waals surface area contributed by atoms with Crippen molar-refractivity contribution in [3.8, 4) is 16.9 Å². The molecule has 19 heavy (non-hydrogen) atoms. The number of pyridine rings is 1. The molecule has 0 aliphatic rings. The van der Waals surface area contributed by atoms with Crippen molar-refractivity contribution in [1.29, 1.82) is 0 Å². The molecular formula is C15H15NO3. The van der Waals surface area contributed by atoms with Gasteiger partial charge in [0, 0.05) is 11.8 Å². The lowest BCUT2D eigenvalue weighted by atomic mass is 10.0. The first-order valence-corrected chi connectivity index (χ1v) is 6.04. The molecule has 0 aliphatic heterocycles. The number of aromatic carboxylic acids is 1. The van der Waals surface area contributed by atoms with Crippen LogP contribution in [-0.4, -0.2) is 22.7 Å². The predicted molar refractivity (Wildman–Crippen MR) is 72.5 cm³/mol. The topological polar surface area (TPSA) is 59.4 Å². The van der Waals surface area contributed by atoms with Crippen molar-refractivity contribution in [2.45, 2.75) is 13.8 Å². The molecule has 2 aromatic rings. The van der Waals surface area contributed by atoms with Crippen molar-refractivity contribution in [3.63, 3.8) is 0 Å². The van der Waals surface area contributed by atoms with Crippen LogP contribution in [0.4, 0.5) is 0 Å². The quantitative estimate of drug-likeness (QED) is 0.914. The van der Waals surface area contributed by atoms with Crippen LogP contribution < -0.4 is 4.74 Å². The molecule has 1 N–H and O–H groups in total. The highest BCUT2D eigenvalue weighted by Gasteiger charge is 2.09. The fourth-order valence-electron chi connectivity index (χ4n) is 1.85. The minimum absolute atomic E-state index is 0.305. The minimum atomic E-state index is -0.923. The molecule has 0 spiro atoms. The molecule has 1 aromatic heterocycles. The van der Waals surface area contributed by atoms with E-state index in [0.717, 1.165) is 16.7 Å². The Hall–Kier alpha value is -2.36. The third kappa shape index (κ3) is 2.91. The van der Waals surface area contributed by atoms with Crippen LogP contribution in [0.25, 0.3) is 11.1 Å². The van der Waals surface area contributed by atoms with Crippen molar-refractivity contribution in [1.82, 2.24) is 4.98 Å². The molecule has 1 heterocycles. The largest absolute Gasteiger partial charge is 0.492 e.